The van der Waals surface area contributed by atoms with Crippen molar-refractivity contribution in [1.29, 1.82) is 0 Å². The maximum absolute atomic E-state index is 13.8. The van der Waals surface area contributed by atoms with Crippen molar-refractivity contribution >= 4 is 21.6 Å². The van der Waals surface area contributed by atoms with E-state index in [1.807, 2.05) is 0 Å². The molecule has 3 aromatic carbocycles. The Kier molecular flexibility index (Phi) is 6.23. The van der Waals surface area contributed by atoms with Gasteiger partial charge in [0, 0.05) is 24.2 Å². The van der Waals surface area contributed by atoms with Crippen LogP contribution in [0.4, 0.5) is 18.9 Å². The molecule has 0 fully saturated rings. The summed E-state index contributed by atoms with van der Waals surface area (Å²) in [6.07, 6.45) is 0. The summed E-state index contributed by atoms with van der Waals surface area (Å²) in [6, 6.07) is 13.6. The molecule has 0 unspecified atom stereocenters. The molecule has 0 aliphatic heterocycles. The standard InChI is InChI=1S/C21H17F3N2O3S/c1-13-7-8-15(30(28,29)25-12-14-5-3-2-4-6-14)9-16(13)21(27)26-20-11-18(23)17(22)10-19(20)24/h2-11,25H,12H2,1H3,(H,26,27). The fourth-order valence-electron chi connectivity index (χ4n) is 2.68. The SMILES string of the molecule is Cc1ccc(S(=O)(=O)NCc2ccccc2)cc1C(=O)Nc1cc(F)c(F)cc1F. The molecule has 3 rings (SSSR count). The lowest BCUT2D eigenvalue weighted by atomic mass is 10.1. The Morgan fingerprint density at radius 2 is 1.57 bits per heavy atom. The van der Waals surface area contributed by atoms with Gasteiger partial charge in [0.1, 0.15) is 5.82 Å². The molecule has 0 atom stereocenters. The van der Waals surface area contributed by atoms with E-state index in [9.17, 15) is 26.4 Å². The molecule has 0 spiro atoms. The van der Waals surface area contributed by atoms with Crippen molar-refractivity contribution in [2.24, 2.45) is 0 Å². The minimum Gasteiger partial charge on any atom is -0.319 e. The van der Waals surface area contributed by atoms with Crippen LogP contribution in [0.5, 0.6) is 0 Å². The molecule has 0 aromatic heterocycles. The van der Waals surface area contributed by atoms with Crippen LogP contribution in [-0.2, 0) is 16.6 Å². The molecule has 0 bridgehead atoms. The lowest BCUT2D eigenvalue weighted by Crippen LogP contribution is -2.24. The maximum atomic E-state index is 13.8. The molecule has 2 N–H and O–H groups in total. The molecule has 1 amide bonds. The fraction of sp³-hybridized carbons (Fsp3) is 0.0952. The minimum absolute atomic E-state index is 0.0540. The Morgan fingerprint density at radius 3 is 2.27 bits per heavy atom. The summed E-state index contributed by atoms with van der Waals surface area (Å²) >= 11 is 0. The first-order valence-corrected chi connectivity index (χ1v) is 10.3. The summed E-state index contributed by atoms with van der Waals surface area (Å²) < 4.78 is 67.9. The molecule has 9 heteroatoms. The van der Waals surface area contributed by atoms with Crippen molar-refractivity contribution in [2.45, 2.75) is 18.4 Å². The molecule has 0 saturated heterocycles. The van der Waals surface area contributed by atoms with Crippen LogP contribution in [0.1, 0.15) is 21.5 Å². The summed E-state index contributed by atoms with van der Waals surface area (Å²) in [5.74, 6) is -4.74. The van der Waals surface area contributed by atoms with Gasteiger partial charge in [-0.25, -0.2) is 26.3 Å². The van der Waals surface area contributed by atoms with Gasteiger partial charge < -0.3 is 5.32 Å². The molecule has 156 valence electrons. The predicted molar refractivity (Wildman–Crippen MR) is 106 cm³/mol. The van der Waals surface area contributed by atoms with Crippen LogP contribution in [0, 0.1) is 24.4 Å². The van der Waals surface area contributed by atoms with Crippen molar-refractivity contribution < 1.29 is 26.4 Å². The topological polar surface area (TPSA) is 75.3 Å². The van der Waals surface area contributed by atoms with E-state index in [2.05, 4.69) is 10.0 Å². The van der Waals surface area contributed by atoms with Gasteiger partial charge in [0.15, 0.2) is 11.6 Å². The monoisotopic (exact) mass is 434 g/mol. The zero-order valence-corrected chi connectivity index (χ0v) is 16.6. The van der Waals surface area contributed by atoms with Crippen molar-refractivity contribution in [2.75, 3.05) is 5.32 Å². The average molecular weight is 434 g/mol. The summed E-state index contributed by atoms with van der Waals surface area (Å²) in [4.78, 5) is 12.4. The van der Waals surface area contributed by atoms with E-state index in [0.29, 0.717) is 17.7 Å². The highest BCUT2D eigenvalue weighted by molar-refractivity contribution is 7.89. The molecule has 3 aromatic rings. The number of rotatable bonds is 6. The van der Waals surface area contributed by atoms with Gasteiger partial charge in [0.05, 0.1) is 10.6 Å². The van der Waals surface area contributed by atoms with E-state index in [0.717, 1.165) is 11.6 Å². The Labute approximate surface area is 171 Å². The van der Waals surface area contributed by atoms with Crippen molar-refractivity contribution in [1.82, 2.24) is 4.72 Å². The van der Waals surface area contributed by atoms with E-state index in [-0.39, 0.29) is 17.0 Å². The number of halogens is 3. The van der Waals surface area contributed by atoms with Crippen molar-refractivity contribution in [3.8, 4) is 0 Å². The van der Waals surface area contributed by atoms with Gasteiger partial charge >= 0.3 is 0 Å². The zero-order valence-electron chi connectivity index (χ0n) is 15.7. The molecular formula is C21H17F3N2O3S. The molecule has 5 nitrogen and oxygen atoms in total. The van der Waals surface area contributed by atoms with Crippen molar-refractivity contribution in [3.63, 3.8) is 0 Å². The van der Waals surface area contributed by atoms with Gasteiger partial charge in [-0.2, -0.15) is 0 Å². The van der Waals surface area contributed by atoms with Crippen LogP contribution in [0.25, 0.3) is 0 Å². The number of amides is 1. The van der Waals surface area contributed by atoms with Crippen LogP contribution in [0.3, 0.4) is 0 Å². The van der Waals surface area contributed by atoms with Crippen LogP contribution in [0.2, 0.25) is 0 Å². The minimum atomic E-state index is -3.94. The van der Waals surface area contributed by atoms with Crippen LogP contribution in [-0.4, -0.2) is 14.3 Å². The first-order chi connectivity index (χ1) is 14.2. The smallest absolute Gasteiger partial charge is 0.256 e. The van der Waals surface area contributed by atoms with Crippen LogP contribution < -0.4 is 10.0 Å². The number of hydrogen-bond donors (Lipinski definition) is 2. The lowest BCUT2D eigenvalue weighted by Gasteiger charge is -2.12. The van der Waals surface area contributed by atoms with Gasteiger partial charge in [-0.05, 0) is 30.2 Å². The Balaban J connectivity index is 1.84. The normalized spacial score (nSPS) is 11.3. The third-order valence-electron chi connectivity index (χ3n) is 4.33. The summed E-state index contributed by atoms with van der Waals surface area (Å²) in [6.45, 7) is 1.61. The van der Waals surface area contributed by atoms with Crippen LogP contribution >= 0.6 is 0 Å². The van der Waals surface area contributed by atoms with E-state index in [1.54, 1.807) is 37.3 Å². The number of hydrogen-bond acceptors (Lipinski definition) is 3. The zero-order chi connectivity index (χ0) is 21.9. The second-order valence-corrected chi connectivity index (χ2v) is 8.25. The largest absolute Gasteiger partial charge is 0.319 e. The summed E-state index contributed by atoms with van der Waals surface area (Å²) in [5.41, 5.74) is 0.549. The number of benzene rings is 3. The Morgan fingerprint density at radius 1 is 0.900 bits per heavy atom. The Bertz CT molecular complexity index is 1200. The van der Waals surface area contributed by atoms with E-state index in [1.165, 1.54) is 12.1 Å². The highest BCUT2D eigenvalue weighted by Crippen LogP contribution is 2.21. The molecule has 30 heavy (non-hydrogen) atoms. The molecule has 0 saturated carbocycles. The molecule has 0 radical (unpaired) electrons. The lowest BCUT2D eigenvalue weighted by molar-refractivity contribution is 0.102. The molecule has 0 aliphatic carbocycles. The maximum Gasteiger partial charge on any atom is 0.256 e. The van der Waals surface area contributed by atoms with Crippen molar-refractivity contribution in [3.05, 3.63) is 94.8 Å². The van der Waals surface area contributed by atoms with Crippen LogP contribution in [0.15, 0.2) is 65.6 Å². The summed E-state index contributed by atoms with van der Waals surface area (Å²) in [5, 5.41) is 2.14. The predicted octanol–water partition coefficient (Wildman–Crippen LogP) is 4.14. The number of aryl methyl sites for hydroxylation is 1. The van der Waals surface area contributed by atoms with Gasteiger partial charge in [-0.1, -0.05) is 36.4 Å². The van der Waals surface area contributed by atoms with Gasteiger partial charge in [0.25, 0.3) is 5.91 Å². The second kappa shape index (κ2) is 8.68. The molecule has 0 heterocycles. The van der Waals surface area contributed by atoms with Gasteiger partial charge in [-0.3, -0.25) is 4.79 Å². The third-order valence-corrected chi connectivity index (χ3v) is 5.73. The third kappa shape index (κ3) is 4.87. The van der Waals surface area contributed by atoms with E-state index in [4.69, 9.17) is 0 Å². The first-order valence-electron chi connectivity index (χ1n) is 8.77. The highest BCUT2D eigenvalue weighted by atomic mass is 32.2. The fourth-order valence-corrected chi connectivity index (χ4v) is 3.72. The first kappa shape index (κ1) is 21.5. The Hall–Kier alpha value is -3.17. The number of anilines is 1. The molecule has 0 aliphatic rings. The summed E-state index contributed by atoms with van der Waals surface area (Å²) in [7, 11) is -3.94. The highest BCUT2D eigenvalue weighted by Gasteiger charge is 2.19. The number of carbonyl (C=O) groups excluding carboxylic acids is 1. The average Bonchev–Trinajstić information content (AvgIpc) is 2.71. The van der Waals surface area contributed by atoms with Gasteiger partial charge in [-0.15, -0.1) is 0 Å². The molecular weight excluding hydrogens is 417 g/mol. The quantitative estimate of drug-likeness (QED) is 0.573. The number of sulfonamides is 1. The van der Waals surface area contributed by atoms with E-state index >= 15 is 0 Å². The number of nitrogens with one attached hydrogen (secondary N) is 2. The van der Waals surface area contributed by atoms with Gasteiger partial charge in [0.2, 0.25) is 10.0 Å². The number of carbonyl (C=O) groups is 1. The second-order valence-electron chi connectivity index (χ2n) is 6.49. The van der Waals surface area contributed by atoms with E-state index < -0.39 is 39.1 Å².